The molecule has 154 valence electrons. The van der Waals surface area contributed by atoms with E-state index in [0.29, 0.717) is 17.1 Å². The number of aromatic nitrogens is 2. The molecule has 0 saturated heterocycles. The van der Waals surface area contributed by atoms with E-state index in [9.17, 15) is 14.4 Å². The van der Waals surface area contributed by atoms with Crippen molar-refractivity contribution >= 4 is 23.2 Å². The Morgan fingerprint density at radius 2 is 1.77 bits per heavy atom. The molecule has 3 aromatic rings. The molecule has 2 aromatic carbocycles. The number of anilines is 2. The molecule has 3 rings (SSSR count). The van der Waals surface area contributed by atoms with Gasteiger partial charge in [-0.25, -0.2) is 4.68 Å². The highest BCUT2D eigenvalue weighted by atomic mass is 16.2. The lowest BCUT2D eigenvalue weighted by molar-refractivity contribution is -0.119. The molecule has 7 nitrogen and oxygen atoms in total. The molecule has 0 bridgehead atoms. The Labute approximate surface area is 174 Å². The van der Waals surface area contributed by atoms with Crippen molar-refractivity contribution in [2.45, 2.75) is 33.7 Å². The first kappa shape index (κ1) is 21.0. The second-order valence-electron chi connectivity index (χ2n) is 7.25. The number of carbonyl (C=O) groups excluding carboxylic acids is 2. The number of hydrogen-bond acceptors (Lipinski definition) is 4. The van der Waals surface area contributed by atoms with Crippen molar-refractivity contribution in [2.24, 2.45) is 0 Å². The standard InChI is InChI=1S/C23H24N4O3/c1-14-6-5-7-19(12-14)25-23(30)16(3)27-22(29)11-10-20(26-27)18-9-8-15(2)21(13-18)24-17(4)28/h5-13,16H,1-4H3,(H,24,28)(H,25,30)/t16-/m0/s1. The van der Waals surface area contributed by atoms with Crippen LogP contribution >= 0.6 is 0 Å². The number of nitrogens with one attached hydrogen (secondary N) is 2. The van der Waals surface area contributed by atoms with Gasteiger partial charge in [-0.2, -0.15) is 5.10 Å². The average Bonchev–Trinajstić information content (AvgIpc) is 2.69. The van der Waals surface area contributed by atoms with Gasteiger partial charge in [0.05, 0.1) is 5.69 Å². The Hall–Kier alpha value is -3.74. The fourth-order valence-corrected chi connectivity index (χ4v) is 3.04. The summed E-state index contributed by atoms with van der Waals surface area (Å²) in [6, 6.07) is 15.1. The van der Waals surface area contributed by atoms with Crippen LogP contribution in [-0.2, 0) is 9.59 Å². The molecule has 30 heavy (non-hydrogen) atoms. The van der Waals surface area contributed by atoms with Crippen LogP contribution in [0.3, 0.4) is 0 Å². The van der Waals surface area contributed by atoms with Gasteiger partial charge in [0.25, 0.3) is 5.56 Å². The summed E-state index contributed by atoms with van der Waals surface area (Å²) in [5.74, 6) is -0.509. The number of carbonyl (C=O) groups is 2. The van der Waals surface area contributed by atoms with Gasteiger partial charge in [-0.15, -0.1) is 0 Å². The SMILES string of the molecule is CC(=O)Nc1cc(-c2ccc(=O)n([C@@H](C)C(=O)Nc3cccc(C)c3)n2)ccc1C. The summed E-state index contributed by atoms with van der Waals surface area (Å²) >= 11 is 0. The van der Waals surface area contributed by atoms with E-state index >= 15 is 0 Å². The molecule has 2 amide bonds. The third-order valence-corrected chi connectivity index (χ3v) is 4.70. The Morgan fingerprint density at radius 1 is 1.00 bits per heavy atom. The topological polar surface area (TPSA) is 93.1 Å². The van der Waals surface area contributed by atoms with Crippen LogP contribution in [0.15, 0.2) is 59.4 Å². The van der Waals surface area contributed by atoms with E-state index < -0.39 is 6.04 Å². The second kappa shape index (κ2) is 8.73. The number of rotatable bonds is 5. The summed E-state index contributed by atoms with van der Waals surface area (Å²) in [5, 5.41) is 10.0. The Balaban J connectivity index is 1.90. The lowest BCUT2D eigenvalue weighted by Crippen LogP contribution is -2.33. The summed E-state index contributed by atoms with van der Waals surface area (Å²) in [4.78, 5) is 36.5. The van der Waals surface area contributed by atoms with Gasteiger partial charge in [0.15, 0.2) is 0 Å². The van der Waals surface area contributed by atoms with Crippen molar-refractivity contribution in [1.82, 2.24) is 9.78 Å². The monoisotopic (exact) mass is 404 g/mol. The van der Waals surface area contributed by atoms with E-state index in [1.54, 1.807) is 25.1 Å². The van der Waals surface area contributed by atoms with E-state index in [-0.39, 0.29) is 17.4 Å². The molecular formula is C23H24N4O3. The van der Waals surface area contributed by atoms with Gasteiger partial charge in [0.2, 0.25) is 11.8 Å². The van der Waals surface area contributed by atoms with Gasteiger partial charge in [-0.05, 0) is 56.2 Å². The highest BCUT2D eigenvalue weighted by Crippen LogP contribution is 2.24. The van der Waals surface area contributed by atoms with Crippen LogP contribution in [0, 0.1) is 13.8 Å². The van der Waals surface area contributed by atoms with Crippen molar-refractivity contribution in [1.29, 1.82) is 0 Å². The highest BCUT2D eigenvalue weighted by molar-refractivity contribution is 5.93. The molecular weight excluding hydrogens is 380 g/mol. The first-order chi connectivity index (χ1) is 14.2. The predicted molar refractivity (Wildman–Crippen MR) is 117 cm³/mol. The fourth-order valence-electron chi connectivity index (χ4n) is 3.04. The van der Waals surface area contributed by atoms with E-state index in [0.717, 1.165) is 16.7 Å². The number of aryl methyl sites for hydroxylation is 2. The maximum atomic E-state index is 12.7. The van der Waals surface area contributed by atoms with E-state index in [1.165, 1.54) is 17.7 Å². The van der Waals surface area contributed by atoms with Gasteiger partial charge in [0, 0.05) is 29.9 Å². The zero-order valence-corrected chi connectivity index (χ0v) is 17.4. The van der Waals surface area contributed by atoms with Gasteiger partial charge in [0.1, 0.15) is 6.04 Å². The number of amides is 2. The molecule has 0 saturated carbocycles. The Bertz CT molecular complexity index is 1170. The largest absolute Gasteiger partial charge is 0.326 e. The minimum atomic E-state index is -0.807. The van der Waals surface area contributed by atoms with Crippen molar-refractivity contribution in [3.63, 3.8) is 0 Å². The third-order valence-electron chi connectivity index (χ3n) is 4.70. The second-order valence-corrected chi connectivity index (χ2v) is 7.25. The molecule has 0 unspecified atom stereocenters. The Morgan fingerprint density at radius 3 is 2.47 bits per heavy atom. The van der Waals surface area contributed by atoms with Crippen LogP contribution in [0.5, 0.6) is 0 Å². The maximum Gasteiger partial charge on any atom is 0.267 e. The number of hydrogen-bond donors (Lipinski definition) is 2. The van der Waals surface area contributed by atoms with Crippen LogP contribution in [0.25, 0.3) is 11.3 Å². The third kappa shape index (κ3) is 4.81. The van der Waals surface area contributed by atoms with Crippen LogP contribution < -0.4 is 16.2 Å². The van der Waals surface area contributed by atoms with Gasteiger partial charge in [-0.3, -0.25) is 14.4 Å². The summed E-state index contributed by atoms with van der Waals surface area (Å²) in [7, 11) is 0. The van der Waals surface area contributed by atoms with E-state index in [1.807, 2.05) is 44.2 Å². The highest BCUT2D eigenvalue weighted by Gasteiger charge is 2.18. The summed E-state index contributed by atoms with van der Waals surface area (Å²) in [6.45, 7) is 6.90. The minimum Gasteiger partial charge on any atom is -0.326 e. The molecule has 0 aliphatic carbocycles. The minimum absolute atomic E-state index is 0.172. The molecule has 7 heteroatoms. The van der Waals surface area contributed by atoms with E-state index in [4.69, 9.17) is 0 Å². The quantitative estimate of drug-likeness (QED) is 0.678. The first-order valence-corrected chi connectivity index (χ1v) is 9.60. The number of nitrogens with zero attached hydrogens (tertiary/aromatic N) is 2. The fraction of sp³-hybridized carbons (Fsp3) is 0.217. The van der Waals surface area contributed by atoms with Gasteiger partial charge < -0.3 is 10.6 Å². The molecule has 0 spiro atoms. The molecule has 0 aliphatic rings. The van der Waals surface area contributed by atoms with Gasteiger partial charge in [-0.1, -0.05) is 24.3 Å². The normalized spacial score (nSPS) is 11.6. The summed E-state index contributed by atoms with van der Waals surface area (Å²) in [6.07, 6.45) is 0. The van der Waals surface area contributed by atoms with Crippen molar-refractivity contribution < 1.29 is 9.59 Å². The zero-order valence-electron chi connectivity index (χ0n) is 17.4. The molecule has 1 atom stereocenters. The van der Waals surface area contributed by atoms with Crippen LogP contribution in [-0.4, -0.2) is 21.6 Å². The molecule has 0 fully saturated rings. The number of benzene rings is 2. The van der Waals surface area contributed by atoms with Crippen LogP contribution in [0.4, 0.5) is 11.4 Å². The molecule has 0 aliphatic heterocycles. The van der Waals surface area contributed by atoms with Crippen LogP contribution in [0.1, 0.15) is 31.0 Å². The smallest absolute Gasteiger partial charge is 0.267 e. The Kier molecular flexibility index (Phi) is 6.11. The van der Waals surface area contributed by atoms with Crippen molar-refractivity contribution in [3.8, 4) is 11.3 Å². The summed E-state index contributed by atoms with van der Waals surface area (Å²) < 4.78 is 1.17. The van der Waals surface area contributed by atoms with Crippen LogP contribution in [0.2, 0.25) is 0 Å². The van der Waals surface area contributed by atoms with Crippen molar-refractivity contribution in [2.75, 3.05) is 10.6 Å². The first-order valence-electron chi connectivity index (χ1n) is 9.60. The van der Waals surface area contributed by atoms with Gasteiger partial charge >= 0.3 is 0 Å². The lowest BCUT2D eigenvalue weighted by atomic mass is 10.1. The molecule has 0 radical (unpaired) electrons. The van der Waals surface area contributed by atoms with Crippen molar-refractivity contribution in [3.05, 3.63) is 76.1 Å². The molecule has 1 aromatic heterocycles. The van der Waals surface area contributed by atoms with E-state index in [2.05, 4.69) is 15.7 Å². The average molecular weight is 404 g/mol. The lowest BCUT2D eigenvalue weighted by Gasteiger charge is -2.16. The zero-order chi connectivity index (χ0) is 21.8. The molecule has 2 N–H and O–H groups in total. The summed E-state index contributed by atoms with van der Waals surface area (Å²) in [5.41, 5.74) is 4.14. The molecule has 1 heterocycles. The predicted octanol–water partition coefficient (Wildman–Crippen LogP) is 3.69. The maximum absolute atomic E-state index is 12.7.